The zero-order chi connectivity index (χ0) is 61.1. The Bertz CT molecular complexity index is 4710. The number of aromatic nitrogens is 8. The number of para-hydroxylation sites is 1. The Balaban J connectivity index is 0.950. The number of anilines is 1. The second kappa shape index (κ2) is 23.1. The van der Waals surface area contributed by atoms with Crippen LogP contribution in [0.2, 0.25) is 0 Å². The molecule has 0 saturated heterocycles. The van der Waals surface area contributed by atoms with E-state index in [4.69, 9.17) is 15.0 Å². The predicted octanol–water partition coefficient (Wildman–Crippen LogP) is 17.5. The molecule has 0 spiro atoms. The molecule has 0 atom stereocenters. The van der Waals surface area contributed by atoms with Crippen LogP contribution in [0.1, 0.15) is 106 Å². The molecule has 0 aliphatic carbocycles. The molecule has 88 heavy (non-hydrogen) atoms. The van der Waals surface area contributed by atoms with E-state index in [0.717, 1.165) is 134 Å². The van der Waals surface area contributed by atoms with Crippen molar-refractivity contribution in [1.82, 2.24) is 44.4 Å². The Hall–Kier alpha value is -10.4. The van der Waals surface area contributed by atoms with Crippen molar-refractivity contribution in [2.45, 2.75) is 88.9 Å². The second-order valence-corrected chi connectivity index (χ2v) is 24.0. The van der Waals surface area contributed by atoms with Crippen molar-refractivity contribution < 1.29 is 9.90 Å². The van der Waals surface area contributed by atoms with E-state index in [1.807, 2.05) is 78.5 Å². The number of nitrogens with one attached hydrogen (secondary N) is 4. The van der Waals surface area contributed by atoms with Gasteiger partial charge < -0.3 is 29.9 Å². The minimum Gasteiger partial charge on any atom is -0.506 e. The maximum Gasteiger partial charge on any atom is 0.255 e. The highest BCUT2D eigenvalue weighted by Gasteiger charge is 2.24. The quantitative estimate of drug-likeness (QED) is 0.0769. The number of aromatic hydroxyl groups is 1. The summed E-state index contributed by atoms with van der Waals surface area (Å²) in [6.07, 6.45) is 15.8. The number of amides is 1. The van der Waals surface area contributed by atoms with E-state index in [1.54, 1.807) is 18.6 Å². The maximum absolute atomic E-state index is 14.7. The van der Waals surface area contributed by atoms with Crippen molar-refractivity contribution >= 4 is 58.0 Å². The molecule has 8 bridgehead atoms. The fourth-order valence-corrected chi connectivity index (χ4v) is 13.4. The van der Waals surface area contributed by atoms with Crippen LogP contribution in [0.4, 0.5) is 5.69 Å². The van der Waals surface area contributed by atoms with Crippen molar-refractivity contribution in [2.75, 3.05) is 5.32 Å². The number of aromatic amines is 3. The van der Waals surface area contributed by atoms with Crippen LogP contribution in [0.25, 0.3) is 96.6 Å². The standard InChI is InChI=1S/C76H70N10O2/c1-43-15-28-67(87)66(37-43)86-40-55(79-42-86)39-85(41-68-77-29-30-78-68)38-53-16-18-54(19-17-53)76(88)84-57-14-12-11-13-56(57)72-58-20-22-60(80-58)73(69-47(5)31-44(2)32-48(69)6)62-24-26-64(82-62)75(71-51(9)35-46(4)36-52(71)10)65-27-25-63(83-65)74(61-23-21-59(72)81-61)70-49(7)33-45(3)34-50(70)8/h11-37,40,42,80,83,87H,38-39,41H2,1-10H3,(H,77,78)(H,84,88). The van der Waals surface area contributed by atoms with Crippen LogP contribution in [0.15, 0.2) is 152 Å². The monoisotopic (exact) mass is 1150 g/mol. The van der Waals surface area contributed by atoms with Gasteiger partial charge >= 0.3 is 0 Å². The molecule has 1 amide bonds. The summed E-state index contributed by atoms with van der Waals surface area (Å²) in [6, 6.07) is 43.5. The number of fused-ring (bicyclic) bond motifs is 8. The number of phenolic OH excluding ortho intramolecular Hbond substituents is 1. The molecule has 12 nitrogen and oxygen atoms in total. The van der Waals surface area contributed by atoms with E-state index < -0.39 is 0 Å². The number of benzene rings is 6. The van der Waals surface area contributed by atoms with E-state index in [9.17, 15) is 9.90 Å². The first kappa shape index (κ1) is 56.7. The Kier molecular flexibility index (Phi) is 14.9. The first-order chi connectivity index (χ1) is 42.5. The van der Waals surface area contributed by atoms with Gasteiger partial charge in [0.15, 0.2) is 0 Å². The van der Waals surface area contributed by atoms with E-state index in [0.29, 0.717) is 36.6 Å². The summed E-state index contributed by atoms with van der Waals surface area (Å²) in [6.45, 7) is 23.2. The van der Waals surface area contributed by atoms with Crippen LogP contribution in [0.3, 0.4) is 0 Å². The number of imidazole rings is 2. The second-order valence-electron chi connectivity index (χ2n) is 24.0. The van der Waals surface area contributed by atoms with Crippen molar-refractivity contribution in [3.63, 3.8) is 0 Å². The minimum absolute atomic E-state index is 0.184. The number of phenols is 1. The molecular formula is C76H70N10O2. The smallest absolute Gasteiger partial charge is 0.255 e. The summed E-state index contributed by atoms with van der Waals surface area (Å²) in [5.41, 5.74) is 30.2. The van der Waals surface area contributed by atoms with E-state index in [-0.39, 0.29) is 11.7 Å². The lowest BCUT2D eigenvalue weighted by Gasteiger charge is -2.20. The zero-order valence-corrected chi connectivity index (χ0v) is 51.4. The normalized spacial score (nSPS) is 12.0. The lowest BCUT2D eigenvalue weighted by atomic mass is 9.92. The van der Waals surface area contributed by atoms with Gasteiger partial charge in [-0.15, -0.1) is 0 Å². The Morgan fingerprint density at radius 2 is 1.00 bits per heavy atom. The number of carbonyl (C=O) groups excluding carboxylic acids is 1. The Labute approximate surface area is 513 Å². The first-order valence-corrected chi connectivity index (χ1v) is 29.9. The SMILES string of the molecule is Cc1cc(C)c(-c2c3nc(c(-c4c(C)cc(C)cc4C)c4ccc([nH]4)c(-c4c(C)cc(C)cc4C)c4nc(c(-c5ccccc5NC(=O)c5ccc(CN(Cc6cn(-c7cc(C)ccc7O)cn6)Cc6ncc[nH]6)cc5)c5ccc2[nH]5)C=C4)C=C3)c(C)c1. The van der Waals surface area contributed by atoms with Gasteiger partial charge in [-0.2, -0.15) is 0 Å². The lowest BCUT2D eigenvalue weighted by Crippen LogP contribution is -2.23. The van der Waals surface area contributed by atoms with Crippen LogP contribution in [-0.4, -0.2) is 55.4 Å². The molecule has 13 rings (SSSR count). The Morgan fingerprint density at radius 1 is 0.511 bits per heavy atom. The first-order valence-electron chi connectivity index (χ1n) is 29.9. The van der Waals surface area contributed by atoms with Gasteiger partial charge in [0.1, 0.15) is 11.6 Å². The molecule has 0 radical (unpaired) electrons. The fourth-order valence-electron chi connectivity index (χ4n) is 13.4. The maximum atomic E-state index is 14.7. The van der Waals surface area contributed by atoms with Crippen LogP contribution in [0, 0.1) is 69.2 Å². The van der Waals surface area contributed by atoms with Crippen LogP contribution in [-0.2, 0) is 19.6 Å². The number of carbonyl (C=O) groups is 1. The number of rotatable bonds is 13. The lowest BCUT2D eigenvalue weighted by molar-refractivity contribution is 0.102. The van der Waals surface area contributed by atoms with Gasteiger partial charge in [0.05, 0.1) is 47.0 Å². The van der Waals surface area contributed by atoms with Crippen LogP contribution >= 0.6 is 0 Å². The van der Waals surface area contributed by atoms with Gasteiger partial charge in [-0.05, 0) is 209 Å². The molecule has 7 heterocycles. The molecule has 6 aromatic carbocycles. The van der Waals surface area contributed by atoms with E-state index in [2.05, 4.69) is 184 Å². The van der Waals surface area contributed by atoms with Gasteiger partial charge in [-0.3, -0.25) is 9.69 Å². The summed E-state index contributed by atoms with van der Waals surface area (Å²) in [7, 11) is 0. The van der Waals surface area contributed by atoms with Crippen molar-refractivity contribution in [1.29, 1.82) is 0 Å². The Morgan fingerprint density at radius 3 is 1.50 bits per heavy atom. The van der Waals surface area contributed by atoms with Gasteiger partial charge in [-0.25, -0.2) is 19.9 Å². The summed E-state index contributed by atoms with van der Waals surface area (Å²) >= 11 is 0. The van der Waals surface area contributed by atoms with Gasteiger partial charge in [0.25, 0.3) is 5.91 Å². The summed E-state index contributed by atoms with van der Waals surface area (Å²) in [4.78, 5) is 48.8. The average Bonchev–Trinajstić information content (AvgIpc) is 1.79. The van der Waals surface area contributed by atoms with Crippen LogP contribution < -0.4 is 5.32 Å². The number of aryl methyl sites for hydroxylation is 10. The van der Waals surface area contributed by atoms with E-state index >= 15 is 0 Å². The molecule has 12 heteroatoms. The van der Waals surface area contributed by atoms with E-state index in [1.165, 1.54) is 27.8 Å². The molecular weight excluding hydrogens is 1080 g/mol. The molecule has 11 aromatic rings. The number of nitrogens with zero attached hydrogens (tertiary/aromatic N) is 6. The highest BCUT2D eigenvalue weighted by Crippen LogP contribution is 2.43. The molecule has 5 aromatic heterocycles. The van der Waals surface area contributed by atoms with Gasteiger partial charge in [0.2, 0.25) is 0 Å². The topological polar surface area (TPSA) is 156 Å². The van der Waals surface area contributed by atoms with Crippen molar-refractivity contribution in [3.8, 4) is 55.9 Å². The van der Waals surface area contributed by atoms with Gasteiger partial charge in [0, 0.05) is 92.8 Å². The largest absolute Gasteiger partial charge is 0.506 e. The van der Waals surface area contributed by atoms with Gasteiger partial charge in [-0.1, -0.05) is 89.5 Å². The molecule has 0 unspecified atom stereocenters. The molecule has 2 aliphatic heterocycles. The fraction of sp³-hybridized carbons (Fsp3) is 0.171. The van der Waals surface area contributed by atoms with Crippen molar-refractivity contribution in [3.05, 3.63) is 253 Å². The molecule has 2 aliphatic rings. The van der Waals surface area contributed by atoms with Crippen LogP contribution in [0.5, 0.6) is 5.75 Å². The summed E-state index contributed by atoms with van der Waals surface area (Å²) in [5.74, 6) is 0.760. The summed E-state index contributed by atoms with van der Waals surface area (Å²) < 4.78 is 1.85. The predicted molar refractivity (Wildman–Crippen MR) is 359 cm³/mol. The third kappa shape index (κ3) is 11.0. The molecule has 0 fully saturated rings. The average molecular weight is 1160 g/mol. The third-order valence-electron chi connectivity index (χ3n) is 17.0. The number of H-pyrrole nitrogens is 3. The number of hydrogen-bond acceptors (Lipinski definition) is 7. The highest BCUT2D eigenvalue weighted by atomic mass is 16.3. The van der Waals surface area contributed by atoms with Crippen molar-refractivity contribution in [2.24, 2.45) is 0 Å². The third-order valence-corrected chi connectivity index (χ3v) is 17.0. The molecule has 5 N–H and O–H groups in total. The highest BCUT2D eigenvalue weighted by molar-refractivity contribution is 6.08. The number of hydrogen-bond donors (Lipinski definition) is 5. The molecule has 436 valence electrons. The molecule has 0 saturated carbocycles. The summed E-state index contributed by atoms with van der Waals surface area (Å²) in [5, 5.41) is 14.0. The minimum atomic E-state index is -0.247. The zero-order valence-electron chi connectivity index (χ0n) is 51.4.